The van der Waals surface area contributed by atoms with Crippen LogP contribution in [-0.4, -0.2) is 47.7 Å². The summed E-state index contributed by atoms with van der Waals surface area (Å²) < 4.78 is 13.8. The van der Waals surface area contributed by atoms with E-state index in [1.165, 1.54) is 30.0 Å². The predicted molar refractivity (Wildman–Crippen MR) is 116 cm³/mol. The largest absolute Gasteiger partial charge is 0.355 e. The van der Waals surface area contributed by atoms with Crippen LogP contribution in [0.4, 0.5) is 4.39 Å². The van der Waals surface area contributed by atoms with Crippen LogP contribution in [0.2, 0.25) is 0 Å². The Morgan fingerprint density at radius 2 is 1.81 bits per heavy atom. The molecule has 8 nitrogen and oxygen atoms in total. The molecule has 3 rings (SSSR count). The van der Waals surface area contributed by atoms with Gasteiger partial charge in [-0.15, -0.1) is 11.8 Å². The van der Waals surface area contributed by atoms with Gasteiger partial charge in [0.1, 0.15) is 17.4 Å². The van der Waals surface area contributed by atoms with E-state index in [9.17, 15) is 18.8 Å². The fourth-order valence-electron chi connectivity index (χ4n) is 3.01. The van der Waals surface area contributed by atoms with Gasteiger partial charge in [-0.05, 0) is 24.1 Å². The van der Waals surface area contributed by atoms with Crippen molar-refractivity contribution < 1.29 is 18.8 Å². The smallest absolute Gasteiger partial charge is 0.254 e. The number of carbonyl (C=O) groups excluding carboxylic acids is 3. The summed E-state index contributed by atoms with van der Waals surface area (Å²) in [5, 5.41) is 10.8. The molecule has 1 heterocycles. The van der Waals surface area contributed by atoms with Gasteiger partial charge in [-0.2, -0.15) is 0 Å². The third-order valence-electron chi connectivity index (χ3n) is 4.62. The number of nitrogens with two attached hydrogens (primary N) is 1. The van der Waals surface area contributed by atoms with E-state index in [-0.39, 0.29) is 17.2 Å². The van der Waals surface area contributed by atoms with Crippen LogP contribution in [0.3, 0.4) is 0 Å². The molecule has 1 aliphatic rings. The average Bonchev–Trinajstić information content (AvgIpc) is 2.76. The molecule has 2 aromatic carbocycles. The maximum Gasteiger partial charge on any atom is 0.254 e. The molecular weight excluding hydrogens is 421 g/mol. The van der Waals surface area contributed by atoms with Crippen molar-refractivity contribution in [2.75, 3.05) is 12.3 Å². The summed E-state index contributed by atoms with van der Waals surface area (Å²) in [6.07, 6.45) is -0.174. The Kier molecular flexibility index (Phi) is 7.99. The van der Waals surface area contributed by atoms with Gasteiger partial charge in [-0.3, -0.25) is 19.7 Å². The lowest BCUT2D eigenvalue weighted by atomic mass is 10.1. The Morgan fingerprint density at radius 3 is 2.52 bits per heavy atom. The van der Waals surface area contributed by atoms with Crippen LogP contribution in [0.15, 0.2) is 54.6 Å². The predicted octanol–water partition coefficient (Wildman–Crippen LogP) is 0.304. The van der Waals surface area contributed by atoms with Crippen molar-refractivity contribution in [1.29, 1.82) is 0 Å². The highest BCUT2D eigenvalue weighted by Crippen LogP contribution is 2.12. The van der Waals surface area contributed by atoms with Crippen LogP contribution in [-0.2, 0) is 16.0 Å². The first-order chi connectivity index (χ1) is 14.9. The standard InChI is InChI=1S/C21H24FN5O3S/c22-15-9-5-4-8-14(15)19(29)25-17-18(23)26-21(27-20(17)30)31-12-16(28)24-11-10-13-6-2-1-3-7-13/h1-9,17-18,21,26H,10-12,23H2,(H,24,28)(H,25,29)(H,27,30). The highest BCUT2D eigenvalue weighted by atomic mass is 32.2. The van der Waals surface area contributed by atoms with E-state index in [4.69, 9.17) is 5.73 Å². The van der Waals surface area contributed by atoms with Gasteiger partial charge in [-0.25, -0.2) is 4.39 Å². The zero-order chi connectivity index (χ0) is 22.2. The molecule has 0 saturated carbocycles. The molecule has 10 heteroatoms. The van der Waals surface area contributed by atoms with Crippen LogP contribution in [0.25, 0.3) is 0 Å². The van der Waals surface area contributed by atoms with Gasteiger partial charge in [0.05, 0.1) is 17.5 Å². The normalized spacial score (nSPS) is 20.6. The summed E-state index contributed by atoms with van der Waals surface area (Å²) in [5.74, 6) is -1.99. The van der Waals surface area contributed by atoms with Crippen molar-refractivity contribution >= 4 is 29.5 Å². The fourth-order valence-corrected chi connectivity index (χ4v) is 3.88. The van der Waals surface area contributed by atoms with Crippen LogP contribution >= 0.6 is 11.8 Å². The van der Waals surface area contributed by atoms with Gasteiger partial charge in [0, 0.05) is 6.54 Å². The number of rotatable bonds is 8. The molecule has 1 fully saturated rings. The Hall–Kier alpha value is -2.95. The molecule has 0 aromatic heterocycles. The minimum absolute atomic E-state index is 0.117. The first-order valence-corrected chi connectivity index (χ1v) is 10.8. The van der Waals surface area contributed by atoms with E-state index in [2.05, 4.69) is 21.3 Å². The molecule has 1 saturated heterocycles. The number of hydrogen-bond acceptors (Lipinski definition) is 6. The Balaban J connectivity index is 1.42. The molecule has 0 aliphatic carbocycles. The maximum absolute atomic E-state index is 13.8. The third-order valence-corrected chi connectivity index (χ3v) is 5.64. The number of halogens is 1. The second kappa shape index (κ2) is 10.9. The molecular formula is C21H24FN5O3S. The zero-order valence-electron chi connectivity index (χ0n) is 16.6. The van der Waals surface area contributed by atoms with Crippen molar-refractivity contribution in [3.8, 4) is 0 Å². The van der Waals surface area contributed by atoms with Gasteiger partial charge in [0.15, 0.2) is 0 Å². The second-order valence-electron chi connectivity index (χ2n) is 6.91. The fraction of sp³-hybridized carbons (Fsp3) is 0.286. The second-order valence-corrected chi connectivity index (χ2v) is 8.00. The highest BCUT2D eigenvalue weighted by molar-refractivity contribution is 8.00. The lowest BCUT2D eigenvalue weighted by Gasteiger charge is -2.35. The first-order valence-electron chi connectivity index (χ1n) is 9.73. The van der Waals surface area contributed by atoms with E-state index >= 15 is 0 Å². The number of nitrogens with one attached hydrogen (secondary N) is 4. The molecule has 3 amide bonds. The zero-order valence-corrected chi connectivity index (χ0v) is 17.5. The van der Waals surface area contributed by atoms with Crippen molar-refractivity contribution in [1.82, 2.24) is 21.3 Å². The number of benzene rings is 2. The monoisotopic (exact) mass is 445 g/mol. The van der Waals surface area contributed by atoms with E-state index in [1.54, 1.807) is 0 Å². The summed E-state index contributed by atoms with van der Waals surface area (Å²) in [6.45, 7) is 0.511. The van der Waals surface area contributed by atoms with E-state index in [0.717, 1.165) is 18.1 Å². The van der Waals surface area contributed by atoms with Crippen LogP contribution in [0.1, 0.15) is 15.9 Å². The molecule has 6 N–H and O–H groups in total. The molecule has 0 bridgehead atoms. The van der Waals surface area contributed by atoms with Crippen LogP contribution in [0, 0.1) is 5.82 Å². The summed E-state index contributed by atoms with van der Waals surface area (Å²) in [5.41, 5.74) is 6.34. The van der Waals surface area contributed by atoms with Crippen molar-refractivity contribution in [3.63, 3.8) is 0 Å². The number of thioether (sulfide) groups is 1. The quantitative estimate of drug-likeness (QED) is 0.398. The highest BCUT2D eigenvalue weighted by Gasteiger charge is 2.35. The lowest BCUT2D eigenvalue weighted by Crippen LogP contribution is -2.70. The molecule has 1 aliphatic heterocycles. The van der Waals surface area contributed by atoms with Crippen molar-refractivity contribution in [2.24, 2.45) is 5.73 Å². The van der Waals surface area contributed by atoms with Gasteiger partial charge in [-0.1, -0.05) is 42.5 Å². The van der Waals surface area contributed by atoms with E-state index in [0.29, 0.717) is 6.54 Å². The van der Waals surface area contributed by atoms with Crippen molar-refractivity contribution in [2.45, 2.75) is 24.1 Å². The summed E-state index contributed by atoms with van der Waals surface area (Å²) in [4.78, 5) is 36.7. The van der Waals surface area contributed by atoms with Gasteiger partial charge >= 0.3 is 0 Å². The topological polar surface area (TPSA) is 125 Å². The Morgan fingerprint density at radius 1 is 1.10 bits per heavy atom. The van der Waals surface area contributed by atoms with Gasteiger partial charge in [0.2, 0.25) is 11.8 Å². The number of hydrogen-bond donors (Lipinski definition) is 5. The van der Waals surface area contributed by atoms with E-state index in [1.807, 2.05) is 30.3 Å². The van der Waals surface area contributed by atoms with Crippen LogP contribution in [0.5, 0.6) is 0 Å². The average molecular weight is 446 g/mol. The lowest BCUT2D eigenvalue weighted by molar-refractivity contribution is -0.126. The molecule has 3 atom stereocenters. The maximum atomic E-state index is 13.8. The first kappa shape index (κ1) is 22.7. The minimum atomic E-state index is -1.08. The van der Waals surface area contributed by atoms with Gasteiger partial charge in [0.25, 0.3) is 5.91 Å². The molecule has 31 heavy (non-hydrogen) atoms. The minimum Gasteiger partial charge on any atom is -0.355 e. The Bertz CT molecular complexity index is 930. The number of carbonyl (C=O) groups is 3. The van der Waals surface area contributed by atoms with Crippen LogP contribution < -0.4 is 27.0 Å². The van der Waals surface area contributed by atoms with Gasteiger partial charge < -0.3 is 21.7 Å². The number of amides is 3. The SMILES string of the molecule is NC1NC(SCC(=O)NCCc2ccccc2)NC(=O)C1NC(=O)c1ccccc1F. The summed E-state index contributed by atoms with van der Waals surface area (Å²) in [7, 11) is 0. The molecule has 2 aromatic rings. The Labute approximate surface area is 183 Å². The summed E-state index contributed by atoms with van der Waals surface area (Å²) >= 11 is 1.17. The van der Waals surface area contributed by atoms with E-state index < -0.39 is 35.3 Å². The van der Waals surface area contributed by atoms with Crippen molar-refractivity contribution in [3.05, 3.63) is 71.5 Å². The molecule has 3 unspecified atom stereocenters. The molecule has 164 valence electrons. The molecule has 0 radical (unpaired) electrons. The summed E-state index contributed by atoms with van der Waals surface area (Å²) in [6, 6.07) is 14.2. The third kappa shape index (κ3) is 6.51. The molecule has 0 spiro atoms.